The highest BCUT2D eigenvalue weighted by Crippen LogP contribution is 2.60. The summed E-state index contributed by atoms with van der Waals surface area (Å²) in [5.41, 5.74) is 8.02. The number of hydrogen-bond acceptors (Lipinski definition) is 0. The van der Waals surface area contributed by atoms with E-state index in [1.165, 1.54) is 43.8 Å². The number of rotatable bonds is 2. The highest BCUT2D eigenvalue weighted by molar-refractivity contribution is 7.51. The second-order valence-corrected chi connectivity index (χ2v) is 14.5. The van der Waals surface area contributed by atoms with Gasteiger partial charge in [-0.15, -0.1) is 22.2 Å². The van der Waals surface area contributed by atoms with Crippen LogP contribution in [-0.4, -0.2) is 6.69 Å². The summed E-state index contributed by atoms with van der Waals surface area (Å²) in [5, 5.41) is 2.57. The fourth-order valence-corrected chi connectivity index (χ4v) is 12.6. The summed E-state index contributed by atoms with van der Waals surface area (Å²) >= 11 is 14.6. The van der Waals surface area contributed by atoms with Gasteiger partial charge in [0.25, 0.3) is 0 Å². The molecule has 0 aliphatic heterocycles. The Morgan fingerprint density at radius 2 is 0.826 bits per heavy atom. The highest BCUT2D eigenvalue weighted by Gasteiger charge is 2.55. The quantitative estimate of drug-likeness (QED) is 0.352. The van der Waals surface area contributed by atoms with Crippen molar-refractivity contribution in [1.82, 2.24) is 0 Å². The maximum atomic E-state index is 7.30. The van der Waals surface area contributed by atoms with Crippen LogP contribution in [0.3, 0.4) is 0 Å². The van der Waals surface area contributed by atoms with Crippen molar-refractivity contribution in [2.45, 2.75) is 69.2 Å². The Balaban J connectivity index is 2.72. The lowest BCUT2D eigenvalue weighted by molar-refractivity contribution is 0.556. The van der Waals surface area contributed by atoms with E-state index >= 15 is 0 Å². The molecule has 23 heavy (non-hydrogen) atoms. The van der Waals surface area contributed by atoms with Crippen molar-refractivity contribution >= 4 is 28.9 Å². The standard InChI is InChI=1S/C20H30Cl2Si/c1-11-13(3)17(19(7,8)15(11)5)23(21,22)18-14(4)12(2)16(6)20(18,9)10/h1-10H3. The minimum absolute atomic E-state index is 0.0579. The zero-order valence-corrected chi connectivity index (χ0v) is 18.8. The van der Waals surface area contributed by atoms with Crippen LogP contribution in [-0.2, 0) is 0 Å². The molecule has 0 aromatic rings. The molecule has 0 bridgehead atoms. The van der Waals surface area contributed by atoms with Crippen molar-refractivity contribution in [2.75, 3.05) is 0 Å². The van der Waals surface area contributed by atoms with E-state index in [0.29, 0.717) is 0 Å². The van der Waals surface area contributed by atoms with E-state index in [1.807, 2.05) is 0 Å². The molecule has 3 heteroatoms. The molecular weight excluding hydrogens is 339 g/mol. The largest absolute Gasteiger partial charge is 0.304 e. The first-order valence-corrected chi connectivity index (χ1v) is 12.4. The van der Waals surface area contributed by atoms with Crippen molar-refractivity contribution in [2.24, 2.45) is 10.8 Å². The van der Waals surface area contributed by atoms with Gasteiger partial charge in [-0.3, -0.25) is 0 Å². The zero-order chi connectivity index (χ0) is 18.1. The SMILES string of the molecule is CC1=C(C)C(C)(C)C([Si](Cl)(Cl)C2=C(C)C(C)=C(C)C2(C)C)=C1C. The first-order valence-electron chi connectivity index (χ1n) is 8.38. The minimum atomic E-state index is -2.78. The molecule has 0 atom stereocenters. The van der Waals surface area contributed by atoms with E-state index in [2.05, 4.69) is 69.2 Å². The van der Waals surface area contributed by atoms with E-state index in [0.717, 1.165) is 0 Å². The molecule has 2 aliphatic carbocycles. The van der Waals surface area contributed by atoms with Gasteiger partial charge in [-0.2, -0.15) is 0 Å². The molecule has 0 saturated carbocycles. The predicted molar refractivity (Wildman–Crippen MR) is 107 cm³/mol. The number of allylic oxidation sites excluding steroid dienone is 8. The maximum absolute atomic E-state index is 7.30. The highest BCUT2D eigenvalue weighted by atomic mass is 35.7. The van der Waals surface area contributed by atoms with E-state index in [-0.39, 0.29) is 10.8 Å². The van der Waals surface area contributed by atoms with Crippen LogP contribution in [0.4, 0.5) is 0 Å². The van der Waals surface area contributed by atoms with Gasteiger partial charge < -0.3 is 0 Å². The molecule has 0 saturated heterocycles. The Bertz CT molecular complexity index is 650. The maximum Gasteiger partial charge on any atom is 0.304 e. The summed E-state index contributed by atoms with van der Waals surface area (Å²) in [6.07, 6.45) is 0. The molecule has 0 aromatic heterocycles. The van der Waals surface area contributed by atoms with Gasteiger partial charge >= 0.3 is 6.69 Å². The van der Waals surface area contributed by atoms with E-state index in [1.54, 1.807) is 0 Å². The third kappa shape index (κ3) is 2.38. The van der Waals surface area contributed by atoms with Gasteiger partial charge in [0.15, 0.2) is 0 Å². The smallest absolute Gasteiger partial charge is 0.134 e. The van der Waals surface area contributed by atoms with Gasteiger partial charge in [-0.05, 0) is 74.2 Å². The molecule has 2 aliphatic rings. The van der Waals surface area contributed by atoms with Crippen LogP contribution in [0.25, 0.3) is 0 Å². The average Bonchev–Trinajstić information content (AvgIpc) is 2.66. The normalized spacial score (nSPS) is 24.5. The Morgan fingerprint density at radius 1 is 0.565 bits per heavy atom. The molecule has 0 nitrogen and oxygen atoms in total. The van der Waals surface area contributed by atoms with Crippen LogP contribution in [0.1, 0.15) is 69.2 Å². The Hall–Kier alpha value is -0.243. The third-order valence-electron chi connectivity index (χ3n) is 6.75. The van der Waals surface area contributed by atoms with E-state index < -0.39 is 6.69 Å². The topological polar surface area (TPSA) is 0 Å². The van der Waals surface area contributed by atoms with Gasteiger partial charge in [-0.1, -0.05) is 38.8 Å². The molecule has 128 valence electrons. The lowest BCUT2D eigenvalue weighted by Crippen LogP contribution is -2.40. The molecule has 0 aromatic carbocycles. The summed E-state index contributed by atoms with van der Waals surface area (Å²) in [6.45, 7) is 19.5. The summed E-state index contributed by atoms with van der Waals surface area (Å²) in [5.74, 6) is 0. The van der Waals surface area contributed by atoms with Gasteiger partial charge in [0, 0.05) is 10.8 Å². The van der Waals surface area contributed by atoms with E-state index in [9.17, 15) is 0 Å². The fraction of sp³-hybridized carbons (Fsp3) is 0.600. The third-order valence-corrected chi connectivity index (χ3v) is 12.3. The van der Waals surface area contributed by atoms with Gasteiger partial charge in [0.2, 0.25) is 0 Å². The molecule has 0 heterocycles. The van der Waals surface area contributed by atoms with Crippen molar-refractivity contribution in [1.29, 1.82) is 0 Å². The second-order valence-electron chi connectivity index (χ2n) is 8.32. The van der Waals surface area contributed by atoms with Gasteiger partial charge in [0.05, 0.1) is 0 Å². The molecule has 0 amide bonds. The van der Waals surface area contributed by atoms with Crippen molar-refractivity contribution in [3.8, 4) is 0 Å². The molecular formula is C20H30Cl2Si. The molecule has 2 rings (SSSR count). The molecule has 0 N–H and O–H groups in total. The lowest BCUT2D eigenvalue weighted by Gasteiger charge is -2.39. The summed E-state index contributed by atoms with van der Waals surface area (Å²) in [6, 6.07) is 0. The van der Waals surface area contributed by atoms with Crippen molar-refractivity contribution in [3.63, 3.8) is 0 Å². The van der Waals surface area contributed by atoms with E-state index in [4.69, 9.17) is 22.2 Å². The summed E-state index contributed by atoms with van der Waals surface area (Å²) in [4.78, 5) is 0. The Kier molecular flexibility index (Phi) is 4.46. The fourth-order valence-electron chi connectivity index (χ4n) is 4.57. The van der Waals surface area contributed by atoms with Crippen molar-refractivity contribution < 1.29 is 0 Å². The zero-order valence-electron chi connectivity index (χ0n) is 16.3. The average molecular weight is 369 g/mol. The van der Waals surface area contributed by atoms with Crippen LogP contribution >= 0.6 is 22.2 Å². The molecule has 0 spiro atoms. The predicted octanol–water partition coefficient (Wildman–Crippen LogP) is 7.37. The summed E-state index contributed by atoms with van der Waals surface area (Å²) < 4.78 is 0. The number of hydrogen-bond donors (Lipinski definition) is 0. The Labute approximate surface area is 152 Å². The Morgan fingerprint density at radius 3 is 1.00 bits per heavy atom. The second kappa shape index (κ2) is 5.38. The van der Waals surface area contributed by atoms with Gasteiger partial charge in [-0.25, -0.2) is 0 Å². The first-order chi connectivity index (χ1) is 10.2. The molecule has 0 unspecified atom stereocenters. The molecule has 0 radical (unpaired) electrons. The van der Waals surface area contributed by atoms with Crippen molar-refractivity contribution in [3.05, 3.63) is 43.8 Å². The first kappa shape index (κ1) is 19.1. The van der Waals surface area contributed by atoms with Gasteiger partial charge in [0.1, 0.15) is 0 Å². The van der Waals surface area contributed by atoms with Crippen LogP contribution < -0.4 is 0 Å². The van der Waals surface area contributed by atoms with Crippen LogP contribution in [0.5, 0.6) is 0 Å². The molecule has 0 fully saturated rings. The van der Waals surface area contributed by atoms with Crippen LogP contribution in [0.15, 0.2) is 43.8 Å². The number of halogens is 2. The monoisotopic (exact) mass is 368 g/mol. The van der Waals surface area contributed by atoms with Crippen LogP contribution in [0, 0.1) is 10.8 Å². The summed E-state index contributed by atoms with van der Waals surface area (Å²) in [7, 11) is 0. The van der Waals surface area contributed by atoms with Crippen LogP contribution in [0.2, 0.25) is 0 Å². The lowest BCUT2D eigenvalue weighted by atomic mass is 9.87. The minimum Gasteiger partial charge on any atom is -0.134 e.